The normalized spacial score (nSPS) is 12.1. The maximum Gasteiger partial charge on any atom is 0.304 e. The van der Waals surface area contributed by atoms with Crippen molar-refractivity contribution >= 4 is 37.7 Å². The van der Waals surface area contributed by atoms with Crippen LogP contribution in [0.25, 0.3) is 0 Å². The summed E-state index contributed by atoms with van der Waals surface area (Å²) < 4.78 is 28.3. The highest BCUT2D eigenvalue weighted by atomic mass is 79.9. The molecule has 24 heavy (non-hydrogen) atoms. The van der Waals surface area contributed by atoms with Gasteiger partial charge < -0.3 is 4.90 Å². The van der Waals surface area contributed by atoms with Gasteiger partial charge in [0.15, 0.2) is 0 Å². The molecule has 1 amide bonds. The second-order valence-corrected chi connectivity index (χ2v) is 9.16. The summed E-state index contributed by atoms with van der Waals surface area (Å²) in [5.41, 5.74) is 0.437. The zero-order valence-corrected chi connectivity index (χ0v) is 17.4. The Bertz CT molecular complexity index is 667. The van der Waals surface area contributed by atoms with Crippen LogP contribution in [0.15, 0.2) is 28.7 Å². The lowest BCUT2D eigenvalue weighted by molar-refractivity contribution is -0.133. The van der Waals surface area contributed by atoms with E-state index in [0.29, 0.717) is 10.2 Å². The largest absolute Gasteiger partial charge is 0.336 e. The van der Waals surface area contributed by atoms with E-state index in [1.807, 2.05) is 27.7 Å². The summed E-state index contributed by atoms with van der Waals surface area (Å²) in [4.78, 5) is 14.5. The van der Waals surface area contributed by atoms with Gasteiger partial charge in [0.05, 0.1) is 5.69 Å². The van der Waals surface area contributed by atoms with E-state index < -0.39 is 10.2 Å². The van der Waals surface area contributed by atoms with Crippen LogP contribution in [-0.2, 0) is 15.0 Å². The minimum atomic E-state index is -3.81. The van der Waals surface area contributed by atoms with Gasteiger partial charge in [0, 0.05) is 30.7 Å². The molecule has 1 rings (SSSR count). The van der Waals surface area contributed by atoms with E-state index in [1.165, 1.54) is 14.1 Å². The van der Waals surface area contributed by atoms with Crippen LogP contribution < -0.4 is 4.31 Å². The lowest BCUT2D eigenvalue weighted by Gasteiger charge is -2.34. The van der Waals surface area contributed by atoms with Gasteiger partial charge in [-0.15, -0.1) is 0 Å². The van der Waals surface area contributed by atoms with Crippen LogP contribution in [0.5, 0.6) is 0 Å². The van der Waals surface area contributed by atoms with Crippen LogP contribution in [0.4, 0.5) is 5.69 Å². The van der Waals surface area contributed by atoms with Crippen molar-refractivity contribution in [2.24, 2.45) is 0 Å². The minimum absolute atomic E-state index is 0.0133. The molecule has 0 saturated heterocycles. The van der Waals surface area contributed by atoms with E-state index in [0.717, 1.165) is 8.61 Å². The second kappa shape index (κ2) is 8.31. The number of anilines is 1. The fourth-order valence-corrected chi connectivity index (χ4v) is 4.21. The average molecular weight is 420 g/mol. The number of benzene rings is 1. The second-order valence-electron chi connectivity index (χ2n) is 6.24. The van der Waals surface area contributed by atoms with Gasteiger partial charge in [-0.3, -0.25) is 4.79 Å². The fraction of sp³-hybridized carbons (Fsp3) is 0.562. The van der Waals surface area contributed by atoms with Gasteiger partial charge in [-0.1, -0.05) is 12.1 Å². The molecule has 0 heterocycles. The molecule has 0 unspecified atom stereocenters. The molecule has 0 aliphatic carbocycles. The Balaban J connectivity index is 3.31. The lowest BCUT2D eigenvalue weighted by atomic mass is 10.2. The summed E-state index contributed by atoms with van der Waals surface area (Å²) in [5.74, 6) is -0.235. The van der Waals surface area contributed by atoms with Crippen molar-refractivity contribution < 1.29 is 13.2 Å². The Kier molecular flexibility index (Phi) is 7.25. The molecule has 0 spiro atoms. The van der Waals surface area contributed by atoms with Crippen LogP contribution >= 0.6 is 15.9 Å². The van der Waals surface area contributed by atoms with Crippen molar-refractivity contribution in [3.8, 4) is 0 Å². The van der Waals surface area contributed by atoms with Crippen LogP contribution in [0.1, 0.15) is 27.7 Å². The molecule has 8 heteroatoms. The average Bonchev–Trinajstić information content (AvgIpc) is 2.44. The fourth-order valence-electron chi connectivity index (χ4n) is 2.52. The molecule has 0 atom stereocenters. The van der Waals surface area contributed by atoms with Crippen molar-refractivity contribution in [1.29, 1.82) is 0 Å². The summed E-state index contributed by atoms with van der Waals surface area (Å²) in [5, 5.41) is 0. The maximum absolute atomic E-state index is 12.8. The third-order valence-corrected chi connectivity index (χ3v) is 6.02. The van der Waals surface area contributed by atoms with Gasteiger partial charge in [0.1, 0.15) is 6.54 Å². The number of hydrogen-bond donors (Lipinski definition) is 0. The number of halogens is 1. The maximum atomic E-state index is 12.8. The molecule has 0 saturated carbocycles. The lowest BCUT2D eigenvalue weighted by Crippen LogP contribution is -2.50. The number of carbonyl (C=O) groups is 1. The summed E-state index contributed by atoms with van der Waals surface area (Å²) in [7, 11) is -0.904. The topological polar surface area (TPSA) is 60.9 Å². The summed E-state index contributed by atoms with van der Waals surface area (Å²) in [6.45, 7) is 7.42. The predicted octanol–water partition coefficient (Wildman–Crippen LogP) is 2.71. The first-order valence-corrected chi connectivity index (χ1v) is 9.95. The molecule has 1 aromatic carbocycles. The Hall–Kier alpha value is -1.12. The molecule has 0 aromatic heterocycles. The Morgan fingerprint density at radius 1 is 1.08 bits per heavy atom. The van der Waals surface area contributed by atoms with Crippen LogP contribution in [0, 0.1) is 0 Å². The van der Waals surface area contributed by atoms with Crippen molar-refractivity contribution in [1.82, 2.24) is 9.21 Å². The molecular weight excluding hydrogens is 394 g/mol. The molecule has 0 bridgehead atoms. The smallest absolute Gasteiger partial charge is 0.304 e. The van der Waals surface area contributed by atoms with E-state index >= 15 is 0 Å². The molecule has 6 nitrogen and oxygen atoms in total. The number of amides is 1. The monoisotopic (exact) mass is 419 g/mol. The molecular formula is C16H26BrN3O3S. The van der Waals surface area contributed by atoms with E-state index in [1.54, 1.807) is 29.2 Å². The van der Waals surface area contributed by atoms with Crippen LogP contribution in [-0.4, -0.2) is 56.3 Å². The van der Waals surface area contributed by atoms with Gasteiger partial charge in [-0.2, -0.15) is 12.7 Å². The molecule has 0 radical (unpaired) electrons. The van der Waals surface area contributed by atoms with E-state index in [2.05, 4.69) is 15.9 Å². The highest BCUT2D eigenvalue weighted by Crippen LogP contribution is 2.28. The quantitative estimate of drug-likeness (QED) is 0.682. The number of hydrogen-bond acceptors (Lipinski definition) is 3. The molecule has 0 aliphatic rings. The number of nitrogens with zero attached hydrogens (tertiary/aromatic N) is 3. The molecule has 0 N–H and O–H groups in total. The Morgan fingerprint density at radius 3 is 2.00 bits per heavy atom. The minimum Gasteiger partial charge on any atom is -0.336 e. The third-order valence-electron chi connectivity index (χ3n) is 3.54. The zero-order chi connectivity index (χ0) is 18.7. The highest BCUT2D eigenvalue weighted by Gasteiger charge is 2.31. The van der Waals surface area contributed by atoms with E-state index in [-0.39, 0.29) is 24.5 Å². The third kappa shape index (κ3) is 4.70. The summed E-state index contributed by atoms with van der Waals surface area (Å²) in [6, 6.07) is 6.94. The van der Waals surface area contributed by atoms with Gasteiger partial charge in [-0.25, -0.2) is 4.31 Å². The highest BCUT2D eigenvalue weighted by molar-refractivity contribution is 9.10. The van der Waals surface area contributed by atoms with Crippen molar-refractivity contribution in [2.45, 2.75) is 39.8 Å². The Labute approximate surface area is 153 Å². The first-order valence-electron chi connectivity index (χ1n) is 7.76. The molecule has 0 aliphatic heterocycles. The summed E-state index contributed by atoms with van der Waals surface area (Å²) >= 11 is 3.37. The van der Waals surface area contributed by atoms with E-state index in [9.17, 15) is 13.2 Å². The van der Waals surface area contributed by atoms with Gasteiger partial charge in [0.2, 0.25) is 5.91 Å². The SMILES string of the molecule is CC(C)N(C(=O)CN(c1ccccc1Br)S(=O)(=O)N(C)C)C(C)C. The predicted molar refractivity (Wildman–Crippen MR) is 101 cm³/mol. The molecule has 0 fully saturated rings. The van der Waals surface area contributed by atoms with Gasteiger partial charge in [-0.05, 0) is 55.8 Å². The summed E-state index contributed by atoms with van der Waals surface area (Å²) in [6.07, 6.45) is 0. The first-order chi connectivity index (χ1) is 11.0. The number of para-hydroxylation sites is 1. The van der Waals surface area contributed by atoms with Crippen molar-refractivity contribution in [2.75, 3.05) is 24.9 Å². The van der Waals surface area contributed by atoms with Gasteiger partial charge in [0.25, 0.3) is 0 Å². The van der Waals surface area contributed by atoms with Gasteiger partial charge >= 0.3 is 10.2 Å². The molecule has 1 aromatic rings. The van der Waals surface area contributed by atoms with E-state index in [4.69, 9.17) is 0 Å². The first kappa shape index (κ1) is 20.9. The van der Waals surface area contributed by atoms with Crippen LogP contribution in [0.2, 0.25) is 0 Å². The number of carbonyl (C=O) groups excluding carboxylic acids is 1. The Morgan fingerprint density at radius 2 is 1.58 bits per heavy atom. The number of rotatable bonds is 7. The standard InChI is InChI=1S/C16H26BrN3O3S/c1-12(2)20(13(3)4)16(21)11-19(24(22,23)18(5)6)15-10-8-7-9-14(15)17/h7-10,12-13H,11H2,1-6H3. The molecule has 136 valence electrons. The van der Waals surface area contributed by atoms with Crippen molar-refractivity contribution in [3.63, 3.8) is 0 Å². The van der Waals surface area contributed by atoms with Crippen LogP contribution in [0.3, 0.4) is 0 Å². The zero-order valence-electron chi connectivity index (χ0n) is 15.0. The van der Waals surface area contributed by atoms with Crippen molar-refractivity contribution in [3.05, 3.63) is 28.7 Å².